The molecule has 0 spiro atoms. The van der Waals surface area contributed by atoms with Gasteiger partial charge in [0.25, 0.3) is 0 Å². The van der Waals surface area contributed by atoms with E-state index in [-0.39, 0.29) is 0 Å². The van der Waals surface area contributed by atoms with Gasteiger partial charge in [0.15, 0.2) is 0 Å². The molecule has 1 rings (SSSR count). The lowest BCUT2D eigenvalue weighted by Gasteiger charge is -2.14. The van der Waals surface area contributed by atoms with Crippen molar-refractivity contribution in [2.75, 3.05) is 13.1 Å². The van der Waals surface area contributed by atoms with Crippen LogP contribution < -0.4 is 5.32 Å². The van der Waals surface area contributed by atoms with Crippen LogP contribution in [0.4, 0.5) is 0 Å². The standard InChI is InChI=1S/C16H26BrNO/c1-13(2)11-18-10-4-5-14(3)19-12-15-6-8-16(17)9-7-15/h6-9,13-14,18H,4-5,10-12H2,1-3H3. The van der Waals surface area contributed by atoms with Crippen LogP contribution in [0, 0.1) is 5.92 Å². The summed E-state index contributed by atoms with van der Waals surface area (Å²) < 4.78 is 6.96. The van der Waals surface area contributed by atoms with Crippen LogP contribution in [0.5, 0.6) is 0 Å². The zero-order valence-corrected chi connectivity index (χ0v) is 13.9. The number of benzene rings is 1. The quantitative estimate of drug-likeness (QED) is 0.679. The maximum Gasteiger partial charge on any atom is 0.0720 e. The highest BCUT2D eigenvalue weighted by Gasteiger charge is 2.03. The van der Waals surface area contributed by atoms with E-state index in [1.165, 1.54) is 12.0 Å². The van der Waals surface area contributed by atoms with Crippen LogP contribution in [0.2, 0.25) is 0 Å². The molecule has 1 aromatic rings. The highest BCUT2D eigenvalue weighted by atomic mass is 79.9. The first-order valence-electron chi connectivity index (χ1n) is 7.14. The zero-order chi connectivity index (χ0) is 14.1. The summed E-state index contributed by atoms with van der Waals surface area (Å²) in [5, 5.41) is 3.46. The molecule has 1 atom stereocenters. The molecule has 0 saturated heterocycles. The molecule has 0 bridgehead atoms. The SMILES string of the molecule is CC(C)CNCCCC(C)OCc1ccc(Br)cc1. The Balaban J connectivity index is 2.07. The highest BCUT2D eigenvalue weighted by molar-refractivity contribution is 9.10. The van der Waals surface area contributed by atoms with E-state index in [1.807, 2.05) is 0 Å². The lowest BCUT2D eigenvalue weighted by molar-refractivity contribution is 0.0463. The minimum absolute atomic E-state index is 0.324. The molecule has 0 aliphatic carbocycles. The van der Waals surface area contributed by atoms with Crippen LogP contribution in [0.3, 0.4) is 0 Å². The molecule has 1 unspecified atom stereocenters. The van der Waals surface area contributed by atoms with Gasteiger partial charge in [0, 0.05) is 4.47 Å². The summed E-state index contributed by atoms with van der Waals surface area (Å²) in [4.78, 5) is 0. The van der Waals surface area contributed by atoms with Crippen molar-refractivity contribution in [2.45, 2.75) is 46.3 Å². The molecule has 0 aromatic heterocycles. The topological polar surface area (TPSA) is 21.3 Å². The van der Waals surface area contributed by atoms with Crippen LogP contribution in [0.15, 0.2) is 28.7 Å². The average Bonchev–Trinajstić information content (AvgIpc) is 2.37. The fraction of sp³-hybridized carbons (Fsp3) is 0.625. The van der Waals surface area contributed by atoms with E-state index in [2.05, 4.69) is 66.3 Å². The van der Waals surface area contributed by atoms with Crippen molar-refractivity contribution in [3.8, 4) is 0 Å². The van der Waals surface area contributed by atoms with Gasteiger partial charge in [-0.15, -0.1) is 0 Å². The van der Waals surface area contributed by atoms with Gasteiger partial charge in [-0.1, -0.05) is 41.9 Å². The van der Waals surface area contributed by atoms with Gasteiger partial charge in [0.1, 0.15) is 0 Å². The molecule has 1 N–H and O–H groups in total. The van der Waals surface area contributed by atoms with Crippen LogP contribution in [-0.4, -0.2) is 19.2 Å². The molecule has 19 heavy (non-hydrogen) atoms. The minimum atomic E-state index is 0.324. The van der Waals surface area contributed by atoms with Crippen molar-refractivity contribution in [2.24, 2.45) is 5.92 Å². The van der Waals surface area contributed by atoms with E-state index in [0.29, 0.717) is 12.7 Å². The van der Waals surface area contributed by atoms with Crippen LogP contribution in [-0.2, 0) is 11.3 Å². The summed E-state index contributed by atoms with van der Waals surface area (Å²) >= 11 is 3.44. The number of ether oxygens (including phenoxy) is 1. The molecule has 0 radical (unpaired) electrons. The van der Waals surface area contributed by atoms with Crippen LogP contribution in [0.1, 0.15) is 39.2 Å². The second-order valence-electron chi connectivity index (χ2n) is 5.49. The predicted molar refractivity (Wildman–Crippen MR) is 85.3 cm³/mol. The molecule has 2 nitrogen and oxygen atoms in total. The molecule has 108 valence electrons. The number of nitrogens with one attached hydrogen (secondary N) is 1. The van der Waals surface area contributed by atoms with Gasteiger partial charge in [-0.05, 0) is 56.5 Å². The Morgan fingerprint density at radius 1 is 1.16 bits per heavy atom. The van der Waals surface area contributed by atoms with E-state index < -0.39 is 0 Å². The summed E-state index contributed by atoms with van der Waals surface area (Å²) in [6, 6.07) is 8.31. The first-order chi connectivity index (χ1) is 9.08. The highest BCUT2D eigenvalue weighted by Crippen LogP contribution is 2.12. The third-order valence-corrected chi connectivity index (χ3v) is 3.49. The molecule has 0 amide bonds. The summed E-state index contributed by atoms with van der Waals surface area (Å²) in [5.74, 6) is 0.728. The number of hydrogen-bond donors (Lipinski definition) is 1. The van der Waals surface area contributed by atoms with Gasteiger partial charge in [0.05, 0.1) is 12.7 Å². The Bertz CT molecular complexity index is 337. The molecule has 0 heterocycles. The number of halogens is 1. The second kappa shape index (κ2) is 9.51. The third-order valence-electron chi connectivity index (χ3n) is 2.96. The number of hydrogen-bond acceptors (Lipinski definition) is 2. The largest absolute Gasteiger partial charge is 0.374 e. The summed E-state index contributed by atoms with van der Waals surface area (Å²) in [6.45, 7) is 9.52. The fourth-order valence-corrected chi connectivity index (χ4v) is 2.07. The Labute approximate surface area is 126 Å². The molecule has 1 aromatic carbocycles. The Morgan fingerprint density at radius 2 is 1.84 bits per heavy atom. The minimum Gasteiger partial charge on any atom is -0.374 e. The molecular weight excluding hydrogens is 302 g/mol. The van der Waals surface area contributed by atoms with Crippen LogP contribution in [0.25, 0.3) is 0 Å². The maximum atomic E-state index is 5.85. The molecule has 0 fully saturated rings. The van der Waals surface area contributed by atoms with E-state index >= 15 is 0 Å². The average molecular weight is 328 g/mol. The first kappa shape index (κ1) is 16.7. The van der Waals surface area contributed by atoms with Gasteiger partial charge < -0.3 is 10.1 Å². The van der Waals surface area contributed by atoms with Gasteiger partial charge in [0.2, 0.25) is 0 Å². The van der Waals surface area contributed by atoms with Crippen molar-refractivity contribution >= 4 is 15.9 Å². The maximum absolute atomic E-state index is 5.85. The Kier molecular flexibility index (Phi) is 8.35. The van der Waals surface area contributed by atoms with Crippen molar-refractivity contribution in [3.63, 3.8) is 0 Å². The molecule has 0 saturated carbocycles. The normalized spacial score (nSPS) is 12.9. The van der Waals surface area contributed by atoms with Crippen molar-refractivity contribution in [1.82, 2.24) is 5.32 Å². The van der Waals surface area contributed by atoms with Crippen LogP contribution >= 0.6 is 15.9 Å². The fourth-order valence-electron chi connectivity index (χ4n) is 1.81. The third kappa shape index (κ3) is 8.40. The molecule has 3 heteroatoms. The second-order valence-corrected chi connectivity index (χ2v) is 6.40. The van der Waals surface area contributed by atoms with Crippen molar-refractivity contribution < 1.29 is 4.74 Å². The molecule has 0 aliphatic heterocycles. The van der Waals surface area contributed by atoms with Gasteiger partial charge in [-0.25, -0.2) is 0 Å². The van der Waals surface area contributed by atoms with Gasteiger partial charge in [-0.2, -0.15) is 0 Å². The summed E-state index contributed by atoms with van der Waals surface area (Å²) in [5.41, 5.74) is 1.23. The lowest BCUT2D eigenvalue weighted by atomic mass is 10.2. The molecule has 0 aliphatic rings. The number of rotatable bonds is 9. The Morgan fingerprint density at radius 3 is 2.47 bits per heavy atom. The predicted octanol–water partition coefficient (Wildman–Crippen LogP) is 4.38. The summed E-state index contributed by atoms with van der Waals surface area (Å²) in [7, 11) is 0. The first-order valence-corrected chi connectivity index (χ1v) is 7.94. The zero-order valence-electron chi connectivity index (χ0n) is 12.3. The summed E-state index contributed by atoms with van der Waals surface area (Å²) in [6.07, 6.45) is 2.61. The van der Waals surface area contributed by atoms with Gasteiger partial charge in [-0.3, -0.25) is 0 Å². The Hall–Kier alpha value is -0.380. The van der Waals surface area contributed by atoms with E-state index in [4.69, 9.17) is 4.74 Å². The van der Waals surface area contributed by atoms with E-state index in [9.17, 15) is 0 Å². The van der Waals surface area contributed by atoms with Gasteiger partial charge >= 0.3 is 0 Å². The van der Waals surface area contributed by atoms with E-state index in [0.717, 1.165) is 29.9 Å². The smallest absolute Gasteiger partial charge is 0.0720 e. The lowest BCUT2D eigenvalue weighted by Crippen LogP contribution is -2.21. The van der Waals surface area contributed by atoms with Crippen molar-refractivity contribution in [3.05, 3.63) is 34.3 Å². The monoisotopic (exact) mass is 327 g/mol. The van der Waals surface area contributed by atoms with Crippen molar-refractivity contribution in [1.29, 1.82) is 0 Å². The molecular formula is C16H26BrNO. The van der Waals surface area contributed by atoms with E-state index in [1.54, 1.807) is 0 Å².